The van der Waals surface area contributed by atoms with Crippen LogP contribution in [-0.4, -0.2) is 33.1 Å². The maximum absolute atomic E-state index is 12.0. The number of fused-ring (bicyclic) bond motifs is 1. The van der Waals surface area contributed by atoms with Gasteiger partial charge in [0, 0.05) is 46.3 Å². The smallest absolute Gasteiger partial charge is 0.246 e. The average Bonchev–Trinajstić information content (AvgIpc) is 2.91. The molecular weight excluding hydrogens is 298 g/mol. The highest BCUT2D eigenvalue weighted by molar-refractivity contribution is 7.84. The van der Waals surface area contributed by atoms with Gasteiger partial charge in [-0.2, -0.15) is 0 Å². The molecule has 0 N–H and O–H groups in total. The molecule has 5 heteroatoms. The number of hydrogen-bond donors (Lipinski definition) is 0. The van der Waals surface area contributed by atoms with Crippen molar-refractivity contribution >= 4 is 27.7 Å². The molecule has 0 aliphatic heterocycles. The van der Waals surface area contributed by atoms with Crippen LogP contribution in [0.3, 0.4) is 0 Å². The molecule has 0 bridgehead atoms. The Balaban J connectivity index is 2.22. The fraction of sp³-hybridized carbons (Fsp3) is 0.353. The van der Waals surface area contributed by atoms with Gasteiger partial charge in [0.1, 0.15) is 11.3 Å². The molecule has 1 atom stereocenters. The second kappa shape index (κ2) is 7.40. The minimum Gasteiger partial charge on any atom is -0.461 e. The zero-order valence-electron chi connectivity index (χ0n) is 13.0. The Labute approximate surface area is 133 Å². The number of furan rings is 1. The Kier molecular flexibility index (Phi) is 5.55. The third-order valence-electron chi connectivity index (χ3n) is 3.51. The predicted octanol–water partition coefficient (Wildman–Crippen LogP) is 3.02. The summed E-state index contributed by atoms with van der Waals surface area (Å²) in [5.41, 5.74) is 1.75. The number of carbonyl (C=O) groups excluding carboxylic acids is 1. The van der Waals surface area contributed by atoms with Crippen molar-refractivity contribution in [1.82, 2.24) is 4.90 Å². The van der Waals surface area contributed by atoms with Crippen molar-refractivity contribution in [3.8, 4) is 0 Å². The van der Waals surface area contributed by atoms with E-state index in [4.69, 9.17) is 4.42 Å². The van der Waals surface area contributed by atoms with Crippen molar-refractivity contribution < 1.29 is 13.4 Å². The van der Waals surface area contributed by atoms with E-state index >= 15 is 0 Å². The second-order valence-corrected chi connectivity index (χ2v) is 6.95. The van der Waals surface area contributed by atoms with Crippen LogP contribution in [-0.2, 0) is 22.1 Å². The lowest BCUT2D eigenvalue weighted by Crippen LogP contribution is -2.32. The monoisotopic (exact) mass is 319 g/mol. The van der Waals surface area contributed by atoms with Crippen LogP contribution in [0, 0.1) is 6.92 Å². The third-order valence-corrected chi connectivity index (χ3v) is 4.79. The summed E-state index contributed by atoms with van der Waals surface area (Å²) >= 11 is 0. The molecule has 1 aromatic heterocycles. The quantitative estimate of drug-likeness (QED) is 0.737. The maximum atomic E-state index is 12.0. The van der Waals surface area contributed by atoms with E-state index in [1.54, 1.807) is 4.90 Å². The van der Waals surface area contributed by atoms with Gasteiger partial charge in [-0.05, 0) is 19.1 Å². The van der Waals surface area contributed by atoms with E-state index in [-0.39, 0.29) is 5.91 Å². The lowest BCUT2D eigenvalue weighted by Gasteiger charge is -2.21. The maximum Gasteiger partial charge on any atom is 0.246 e. The van der Waals surface area contributed by atoms with E-state index in [1.807, 2.05) is 38.1 Å². The summed E-state index contributed by atoms with van der Waals surface area (Å²) in [7, 11) is -0.899. The van der Waals surface area contributed by atoms with Crippen molar-refractivity contribution in [3.05, 3.63) is 48.2 Å². The molecule has 4 nitrogen and oxygen atoms in total. The van der Waals surface area contributed by atoms with E-state index in [9.17, 15) is 9.00 Å². The highest BCUT2D eigenvalue weighted by Crippen LogP contribution is 2.23. The van der Waals surface area contributed by atoms with E-state index in [2.05, 4.69) is 6.58 Å². The first-order valence-electron chi connectivity index (χ1n) is 7.29. The zero-order valence-corrected chi connectivity index (χ0v) is 13.8. The van der Waals surface area contributed by atoms with Crippen LogP contribution in [0.25, 0.3) is 11.0 Å². The molecule has 1 unspecified atom stereocenters. The van der Waals surface area contributed by atoms with Crippen molar-refractivity contribution in [2.75, 3.05) is 18.1 Å². The second-order valence-electron chi connectivity index (χ2n) is 5.09. The number of carbonyl (C=O) groups is 1. The summed E-state index contributed by atoms with van der Waals surface area (Å²) in [5, 5.41) is 1.03. The van der Waals surface area contributed by atoms with Crippen molar-refractivity contribution in [3.63, 3.8) is 0 Å². The minimum atomic E-state index is -0.899. The summed E-state index contributed by atoms with van der Waals surface area (Å²) in [6, 6.07) is 7.87. The molecule has 0 spiro atoms. The Bertz CT molecular complexity index is 705. The predicted molar refractivity (Wildman–Crippen MR) is 90.1 cm³/mol. The fourth-order valence-electron chi connectivity index (χ4n) is 2.34. The Morgan fingerprint density at radius 3 is 2.91 bits per heavy atom. The largest absolute Gasteiger partial charge is 0.461 e. The first kappa shape index (κ1) is 16.5. The molecule has 1 amide bonds. The molecule has 0 fully saturated rings. The molecule has 2 rings (SSSR count). The fourth-order valence-corrected chi connectivity index (χ4v) is 3.05. The lowest BCUT2D eigenvalue weighted by atomic mass is 10.1. The van der Waals surface area contributed by atoms with Gasteiger partial charge >= 0.3 is 0 Å². The summed E-state index contributed by atoms with van der Waals surface area (Å²) in [4.78, 5) is 13.7. The van der Waals surface area contributed by atoms with Gasteiger partial charge in [-0.1, -0.05) is 31.7 Å². The van der Waals surface area contributed by atoms with E-state index in [0.29, 0.717) is 24.6 Å². The number of amides is 1. The van der Waals surface area contributed by atoms with Gasteiger partial charge in [-0.25, -0.2) is 0 Å². The molecule has 0 radical (unpaired) electrons. The van der Waals surface area contributed by atoms with Crippen LogP contribution in [0.4, 0.5) is 0 Å². The van der Waals surface area contributed by atoms with Gasteiger partial charge in [0.2, 0.25) is 5.91 Å². The van der Waals surface area contributed by atoms with Gasteiger partial charge in [0.05, 0.1) is 0 Å². The number of aryl methyl sites for hydroxylation is 1. The summed E-state index contributed by atoms with van der Waals surface area (Å²) in [5.74, 6) is 1.76. The van der Waals surface area contributed by atoms with Crippen LogP contribution in [0.2, 0.25) is 0 Å². The first-order valence-corrected chi connectivity index (χ1v) is 8.78. The van der Waals surface area contributed by atoms with Crippen LogP contribution in [0.15, 0.2) is 41.3 Å². The molecule has 2 aromatic rings. The minimum absolute atomic E-state index is 0.159. The lowest BCUT2D eigenvalue weighted by molar-refractivity contribution is -0.126. The molecule has 1 heterocycles. The van der Waals surface area contributed by atoms with Gasteiger partial charge in [0.25, 0.3) is 0 Å². The first-order chi connectivity index (χ1) is 10.5. The Morgan fingerprint density at radius 2 is 2.23 bits per heavy atom. The van der Waals surface area contributed by atoms with Gasteiger partial charge < -0.3 is 9.32 Å². The molecule has 0 aliphatic carbocycles. The number of benzene rings is 1. The highest BCUT2D eigenvalue weighted by atomic mass is 32.2. The standard InChI is InChI=1S/C17H21NO3S/c1-4-16(19)18(9-10-22(20)5-2)12-15-8-6-7-14-11-13(3)21-17(14)15/h4,6-8,11H,1,5,9-10,12H2,2-3H3. The number of rotatable bonds is 7. The van der Waals surface area contributed by atoms with Gasteiger partial charge in [-0.3, -0.25) is 9.00 Å². The Hall–Kier alpha value is -1.88. The van der Waals surface area contributed by atoms with Crippen LogP contribution in [0.5, 0.6) is 0 Å². The number of para-hydroxylation sites is 1. The SMILES string of the molecule is C=CC(=O)N(CCS(=O)CC)Cc1cccc2cc(C)oc12. The summed E-state index contributed by atoms with van der Waals surface area (Å²) in [6.07, 6.45) is 1.29. The normalized spacial score (nSPS) is 12.3. The van der Waals surface area contributed by atoms with Gasteiger partial charge in [-0.15, -0.1) is 0 Å². The number of nitrogens with zero attached hydrogens (tertiary/aromatic N) is 1. The Morgan fingerprint density at radius 1 is 1.45 bits per heavy atom. The van der Waals surface area contributed by atoms with Crippen LogP contribution < -0.4 is 0 Å². The van der Waals surface area contributed by atoms with E-state index in [1.165, 1.54) is 6.08 Å². The molecule has 22 heavy (non-hydrogen) atoms. The average molecular weight is 319 g/mol. The molecule has 0 saturated carbocycles. The number of hydrogen-bond acceptors (Lipinski definition) is 3. The van der Waals surface area contributed by atoms with Crippen LogP contribution in [0.1, 0.15) is 18.2 Å². The molecule has 118 valence electrons. The highest BCUT2D eigenvalue weighted by Gasteiger charge is 2.15. The van der Waals surface area contributed by atoms with Crippen LogP contribution >= 0.6 is 0 Å². The summed E-state index contributed by atoms with van der Waals surface area (Å²) < 4.78 is 17.4. The van der Waals surface area contributed by atoms with Gasteiger partial charge in [0.15, 0.2) is 0 Å². The van der Waals surface area contributed by atoms with E-state index in [0.717, 1.165) is 22.3 Å². The molecular formula is C17H21NO3S. The summed E-state index contributed by atoms with van der Waals surface area (Å²) in [6.45, 7) is 8.20. The zero-order chi connectivity index (χ0) is 16.1. The molecule has 0 aliphatic rings. The topological polar surface area (TPSA) is 50.5 Å². The van der Waals surface area contributed by atoms with Crippen molar-refractivity contribution in [2.45, 2.75) is 20.4 Å². The third kappa shape index (κ3) is 3.85. The molecule has 1 aromatic carbocycles. The van der Waals surface area contributed by atoms with Crippen molar-refractivity contribution in [1.29, 1.82) is 0 Å². The molecule has 0 saturated heterocycles. The van der Waals surface area contributed by atoms with E-state index < -0.39 is 10.8 Å². The van der Waals surface area contributed by atoms with Crippen molar-refractivity contribution in [2.24, 2.45) is 0 Å².